The molecule has 1 aromatic heterocycles. The Morgan fingerprint density at radius 1 is 1.30 bits per heavy atom. The molecule has 0 saturated carbocycles. The molecule has 20 heavy (non-hydrogen) atoms. The predicted molar refractivity (Wildman–Crippen MR) is 81.6 cm³/mol. The van der Waals surface area contributed by atoms with Gasteiger partial charge in [0.25, 0.3) is 0 Å². The fraction of sp³-hybridized carbons (Fsp3) is 0.765. The summed E-state index contributed by atoms with van der Waals surface area (Å²) in [6.07, 6.45) is 6.82. The first-order chi connectivity index (χ1) is 9.39. The predicted octanol–water partition coefficient (Wildman–Crippen LogP) is 3.28. The summed E-state index contributed by atoms with van der Waals surface area (Å²) in [5.74, 6) is 0. The molecule has 112 valence electrons. The maximum Gasteiger partial charge on any atom is 0.0471 e. The highest BCUT2D eigenvalue weighted by molar-refractivity contribution is 5.30. The quantitative estimate of drug-likeness (QED) is 0.900. The minimum absolute atomic E-state index is 0.206. The van der Waals surface area contributed by atoms with Crippen molar-refractivity contribution in [2.45, 2.75) is 59.0 Å². The van der Waals surface area contributed by atoms with Gasteiger partial charge in [0.05, 0.1) is 0 Å². The molecule has 1 saturated heterocycles. The number of nitrogens with two attached hydrogens (primary N) is 1. The van der Waals surface area contributed by atoms with E-state index in [4.69, 9.17) is 10.5 Å². The standard InChI is InChI=1S/C17H28N2O/c1-16(2)10-14(18)13-4-7-19(15(13)11-16)12-17(3)5-8-20-9-6-17/h4,7,14H,5-6,8-12,18H2,1-3H3. The van der Waals surface area contributed by atoms with Crippen LogP contribution in [0.5, 0.6) is 0 Å². The molecule has 2 N–H and O–H groups in total. The molecule has 0 spiro atoms. The first-order valence-corrected chi connectivity index (χ1v) is 7.90. The molecule has 1 fully saturated rings. The third kappa shape index (κ3) is 2.66. The molecule has 3 heteroatoms. The van der Waals surface area contributed by atoms with Gasteiger partial charge < -0.3 is 15.0 Å². The van der Waals surface area contributed by atoms with Crippen LogP contribution in [0, 0.1) is 10.8 Å². The smallest absolute Gasteiger partial charge is 0.0471 e. The number of rotatable bonds is 2. The van der Waals surface area contributed by atoms with Crippen LogP contribution in [0.3, 0.4) is 0 Å². The molecule has 1 unspecified atom stereocenters. The lowest BCUT2D eigenvalue weighted by molar-refractivity contribution is 0.0149. The van der Waals surface area contributed by atoms with Crippen LogP contribution in [0.25, 0.3) is 0 Å². The average Bonchev–Trinajstić information content (AvgIpc) is 2.71. The Morgan fingerprint density at radius 2 is 2.00 bits per heavy atom. The van der Waals surface area contributed by atoms with Crippen molar-refractivity contribution in [3.63, 3.8) is 0 Å². The molecule has 0 amide bonds. The summed E-state index contributed by atoms with van der Waals surface area (Å²) in [4.78, 5) is 0. The highest BCUT2D eigenvalue weighted by Crippen LogP contribution is 2.41. The fourth-order valence-electron chi connectivity index (χ4n) is 3.88. The molecule has 3 nitrogen and oxygen atoms in total. The van der Waals surface area contributed by atoms with Gasteiger partial charge in [-0.05, 0) is 48.1 Å². The van der Waals surface area contributed by atoms with E-state index in [0.29, 0.717) is 10.8 Å². The second kappa shape index (κ2) is 4.88. The monoisotopic (exact) mass is 276 g/mol. The van der Waals surface area contributed by atoms with E-state index in [1.165, 1.54) is 11.3 Å². The van der Waals surface area contributed by atoms with E-state index in [0.717, 1.165) is 45.4 Å². The topological polar surface area (TPSA) is 40.2 Å². The Balaban J connectivity index is 1.85. The fourth-order valence-corrected chi connectivity index (χ4v) is 3.88. The zero-order valence-corrected chi connectivity index (χ0v) is 13.1. The summed E-state index contributed by atoms with van der Waals surface area (Å²) < 4.78 is 7.99. The summed E-state index contributed by atoms with van der Waals surface area (Å²) in [5.41, 5.74) is 9.91. The molecule has 0 bridgehead atoms. The van der Waals surface area contributed by atoms with Crippen LogP contribution in [0.1, 0.15) is 57.3 Å². The highest BCUT2D eigenvalue weighted by Gasteiger charge is 2.34. The Hall–Kier alpha value is -0.800. The molecule has 0 aromatic carbocycles. The van der Waals surface area contributed by atoms with Crippen molar-refractivity contribution in [1.29, 1.82) is 0 Å². The lowest BCUT2D eigenvalue weighted by Crippen LogP contribution is -2.34. The van der Waals surface area contributed by atoms with E-state index in [1.54, 1.807) is 0 Å². The number of hydrogen-bond donors (Lipinski definition) is 1. The van der Waals surface area contributed by atoms with Gasteiger partial charge in [0, 0.05) is 37.7 Å². The maximum absolute atomic E-state index is 6.37. The summed E-state index contributed by atoms with van der Waals surface area (Å²) in [7, 11) is 0. The van der Waals surface area contributed by atoms with E-state index in [2.05, 4.69) is 37.6 Å². The summed E-state index contributed by atoms with van der Waals surface area (Å²) in [5, 5.41) is 0. The molecule has 2 heterocycles. The third-order valence-electron chi connectivity index (χ3n) is 5.18. The molecule has 1 atom stereocenters. The van der Waals surface area contributed by atoms with Gasteiger partial charge in [0.2, 0.25) is 0 Å². The summed E-state index contributed by atoms with van der Waals surface area (Å²) >= 11 is 0. The van der Waals surface area contributed by atoms with Crippen LogP contribution in [0.4, 0.5) is 0 Å². The van der Waals surface area contributed by atoms with E-state index >= 15 is 0 Å². The molecule has 2 aliphatic rings. The van der Waals surface area contributed by atoms with Gasteiger partial charge >= 0.3 is 0 Å². The Kier molecular flexibility index (Phi) is 3.46. The van der Waals surface area contributed by atoms with Crippen LogP contribution in [-0.2, 0) is 17.7 Å². The van der Waals surface area contributed by atoms with Crippen molar-refractivity contribution in [2.75, 3.05) is 13.2 Å². The van der Waals surface area contributed by atoms with Gasteiger partial charge in [-0.25, -0.2) is 0 Å². The molecule has 1 aliphatic heterocycles. The second-order valence-corrected chi connectivity index (χ2v) is 7.92. The van der Waals surface area contributed by atoms with E-state index in [1.807, 2.05) is 0 Å². The van der Waals surface area contributed by atoms with Crippen molar-refractivity contribution in [2.24, 2.45) is 16.6 Å². The van der Waals surface area contributed by atoms with Gasteiger partial charge in [-0.1, -0.05) is 20.8 Å². The van der Waals surface area contributed by atoms with E-state index in [-0.39, 0.29) is 6.04 Å². The molecular formula is C17H28N2O. The third-order valence-corrected chi connectivity index (χ3v) is 5.18. The van der Waals surface area contributed by atoms with Crippen molar-refractivity contribution in [1.82, 2.24) is 4.57 Å². The average molecular weight is 276 g/mol. The van der Waals surface area contributed by atoms with E-state index < -0.39 is 0 Å². The Morgan fingerprint density at radius 3 is 2.70 bits per heavy atom. The van der Waals surface area contributed by atoms with Gasteiger partial charge in [-0.2, -0.15) is 0 Å². The minimum atomic E-state index is 0.206. The largest absolute Gasteiger partial charge is 0.381 e. The molecular weight excluding hydrogens is 248 g/mol. The number of hydrogen-bond acceptors (Lipinski definition) is 2. The first kappa shape index (κ1) is 14.2. The van der Waals surface area contributed by atoms with Crippen LogP contribution in [-0.4, -0.2) is 17.8 Å². The first-order valence-electron chi connectivity index (χ1n) is 7.90. The van der Waals surface area contributed by atoms with Crippen LogP contribution in [0.2, 0.25) is 0 Å². The van der Waals surface area contributed by atoms with Gasteiger partial charge in [-0.3, -0.25) is 0 Å². The summed E-state index contributed by atoms with van der Waals surface area (Å²) in [6, 6.07) is 2.45. The SMILES string of the molecule is CC1(C)Cc2c(ccn2CC2(C)CCOCC2)C(N)C1. The lowest BCUT2D eigenvalue weighted by atomic mass is 9.74. The van der Waals surface area contributed by atoms with Gasteiger partial charge in [0.15, 0.2) is 0 Å². The van der Waals surface area contributed by atoms with Crippen LogP contribution in [0.15, 0.2) is 12.3 Å². The van der Waals surface area contributed by atoms with Crippen LogP contribution >= 0.6 is 0 Å². The zero-order chi connectivity index (χ0) is 14.4. The van der Waals surface area contributed by atoms with Crippen molar-refractivity contribution < 1.29 is 4.74 Å². The molecule has 1 aromatic rings. The number of nitrogens with zero attached hydrogens (tertiary/aromatic N) is 1. The number of fused-ring (bicyclic) bond motifs is 1. The lowest BCUT2D eigenvalue weighted by Gasteiger charge is -2.37. The highest BCUT2D eigenvalue weighted by atomic mass is 16.5. The van der Waals surface area contributed by atoms with Crippen molar-refractivity contribution in [3.05, 3.63) is 23.5 Å². The molecule has 1 aliphatic carbocycles. The summed E-state index contributed by atoms with van der Waals surface area (Å²) in [6.45, 7) is 9.99. The number of aromatic nitrogens is 1. The van der Waals surface area contributed by atoms with E-state index in [9.17, 15) is 0 Å². The van der Waals surface area contributed by atoms with Gasteiger partial charge in [0.1, 0.15) is 0 Å². The Labute approximate surface area is 122 Å². The van der Waals surface area contributed by atoms with Crippen LogP contribution < -0.4 is 5.73 Å². The van der Waals surface area contributed by atoms with Crippen molar-refractivity contribution in [3.8, 4) is 0 Å². The van der Waals surface area contributed by atoms with Crippen molar-refractivity contribution >= 4 is 0 Å². The zero-order valence-electron chi connectivity index (χ0n) is 13.1. The normalized spacial score (nSPS) is 28.1. The maximum atomic E-state index is 6.37. The second-order valence-electron chi connectivity index (χ2n) is 7.92. The molecule has 0 radical (unpaired) electrons. The minimum Gasteiger partial charge on any atom is -0.381 e. The molecule has 3 rings (SSSR count). The Bertz CT molecular complexity index is 483. The van der Waals surface area contributed by atoms with Gasteiger partial charge in [-0.15, -0.1) is 0 Å². The number of ether oxygens (including phenoxy) is 1.